The van der Waals surface area contributed by atoms with Gasteiger partial charge >= 0.3 is 6.03 Å². The van der Waals surface area contributed by atoms with Crippen LogP contribution < -0.4 is 10.6 Å². The Morgan fingerprint density at radius 2 is 1.85 bits per heavy atom. The first-order valence-electron chi connectivity index (χ1n) is 9.38. The van der Waals surface area contributed by atoms with Crippen LogP contribution in [-0.4, -0.2) is 23.3 Å². The van der Waals surface area contributed by atoms with Crippen molar-refractivity contribution >= 4 is 11.6 Å². The molecule has 140 valence electrons. The molecule has 2 aromatic rings. The third kappa shape index (κ3) is 3.88. The molecular weight excluding hydrogens is 343 g/mol. The van der Waals surface area contributed by atoms with Gasteiger partial charge in [0.2, 0.25) is 0 Å². The molecule has 0 aliphatic heterocycles. The Morgan fingerprint density at radius 1 is 1.07 bits per heavy atom. The first-order valence-corrected chi connectivity index (χ1v) is 9.38. The number of aliphatic hydroxyl groups is 1. The number of rotatable bonds is 3. The van der Waals surface area contributed by atoms with Crippen molar-refractivity contribution in [3.05, 3.63) is 77.1 Å². The fourth-order valence-electron chi connectivity index (χ4n) is 4.01. The molecular formula is C22H23FN2O2. The number of aliphatic hydroxyl groups excluding tert-OH is 1. The summed E-state index contributed by atoms with van der Waals surface area (Å²) in [5.41, 5.74) is 4.29. The molecule has 3 N–H and O–H groups in total. The summed E-state index contributed by atoms with van der Waals surface area (Å²) in [6.07, 6.45) is 4.50. The van der Waals surface area contributed by atoms with Crippen LogP contribution in [0.25, 0.3) is 5.57 Å². The minimum atomic E-state index is -0.593. The number of carbonyl (C=O) groups excluding carboxylic acids is 1. The van der Waals surface area contributed by atoms with Gasteiger partial charge < -0.3 is 15.7 Å². The Balaban J connectivity index is 1.34. The summed E-state index contributed by atoms with van der Waals surface area (Å²) >= 11 is 0. The second kappa shape index (κ2) is 7.53. The largest absolute Gasteiger partial charge is 0.390 e. The van der Waals surface area contributed by atoms with Crippen molar-refractivity contribution in [1.29, 1.82) is 0 Å². The van der Waals surface area contributed by atoms with Crippen LogP contribution in [0.1, 0.15) is 42.0 Å². The van der Waals surface area contributed by atoms with Crippen LogP contribution in [0.2, 0.25) is 0 Å². The standard InChI is InChI=1S/C22H23FN2O2/c23-17-9-5-14(6-10-17)15-7-11-18(12-8-15)24-22(27)25-21-19-4-2-1-3-16(19)13-20(21)26/h1-7,9-10,18,20-21,26H,8,11-13H2,(H2,24,25,27)/t18?,20-,21+/m0/s1. The molecule has 2 aromatic carbocycles. The van der Waals surface area contributed by atoms with E-state index in [1.165, 1.54) is 17.7 Å². The monoisotopic (exact) mass is 366 g/mol. The first-order chi connectivity index (χ1) is 13.1. The number of fused-ring (bicyclic) bond motifs is 1. The molecule has 2 aliphatic carbocycles. The van der Waals surface area contributed by atoms with E-state index in [2.05, 4.69) is 16.7 Å². The number of allylic oxidation sites excluding steroid dienone is 1. The Hall–Kier alpha value is -2.66. The molecule has 1 unspecified atom stereocenters. The van der Waals surface area contributed by atoms with Gasteiger partial charge in [0.1, 0.15) is 5.82 Å². The molecule has 0 saturated heterocycles. The molecule has 4 rings (SSSR count). The van der Waals surface area contributed by atoms with Gasteiger partial charge in [0, 0.05) is 12.5 Å². The number of carbonyl (C=O) groups is 1. The average Bonchev–Trinajstić information content (AvgIpc) is 2.98. The van der Waals surface area contributed by atoms with Crippen molar-refractivity contribution in [2.45, 2.75) is 43.9 Å². The normalized spacial score (nSPS) is 24.1. The van der Waals surface area contributed by atoms with Crippen LogP contribution in [0.5, 0.6) is 0 Å². The Bertz CT molecular complexity index is 863. The number of hydrogen-bond acceptors (Lipinski definition) is 2. The van der Waals surface area contributed by atoms with Crippen LogP contribution in [0, 0.1) is 5.82 Å². The van der Waals surface area contributed by atoms with Gasteiger partial charge in [-0.15, -0.1) is 0 Å². The summed E-state index contributed by atoms with van der Waals surface area (Å²) < 4.78 is 13.1. The summed E-state index contributed by atoms with van der Waals surface area (Å²) in [5, 5.41) is 16.2. The fraction of sp³-hybridized carbons (Fsp3) is 0.318. The fourth-order valence-corrected chi connectivity index (χ4v) is 4.01. The van der Waals surface area contributed by atoms with Crippen LogP contribution in [0.15, 0.2) is 54.6 Å². The molecule has 0 heterocycles. The van der Waals surface area contributed by atoms with Gasteiger partial charge in [0.15, 0.2) is 0 Å². The third-order valence-corrected chi connectivity index (χ3v) is 5.45. The van der Waals surface area contributed by atoms with E-state index in [-0.39, 0.29) is 23.9 Å². The van der Waals surface area contributed by atoms with Gasteiger partial charge in [-0.2, -0.15) is 0 Å². The maximum absolute atomic E-state index is 13.1. The zero-order chi connectivity index (χ0) is 18.8. The average molecular weight is 366 g/mol. The van der Waals surface area contributed by atoms with E-state index in [1.807, 2.05) is 24.3 Å². The molecule has 0 radical (unpaired) electrons. The van der Waals surface area contributed by atoms with Gasteiger partial charge in [-0.05, 0) is 53.7 Å². The van der Waals surface area contributed by atoms with E-state index in [0.717, 1.165) is 36.0 Å². The molecule has 27 heavy (non-hydrogen) atoms. The van der Waals surface area contributed by atoms with E-state index >= 15 is 0 Å². The van der Waals surface area contributed by atoms with Gasteiger partial charge in [-0.25, -0.2) is 9.18 Å². The lowest BCUT2D eigenvalue weighted by atomic mass is 9.91. The highest BCUT2D eigenvalue weighted by atomic mass is 19.1. The number of amides is 2. The second-order valence-electron chi connectivity index (χ2n) is 7.27. The summed E-state index contributed by atoms with van der Waals surface area (Å²) in [4.78, 5) is 12.4. The van der Waals surface area contributed by atoms with Crippen LogP contribution >= 0.6 is 0 Å². The van der Waals surface area contributed by atoms with Crippen molar-refractivity contribution in [3.8, 4) is 0 Å². The molecule has 0 aromatic heterocycles. The Morgan fingerprint density at radius 3 is 2.59 bits per heavy atom. The maximum atomic E-state index is 13.1. The van der Waals surface area contributed by atoms with Gasteiger partial charge in [0.05, 0.1) is 12.1 Å². The van der Waals surface area contributed by atoms with Crippen LogP contribution in [0.3, 0.4) is 0 Å². The van der Waals surface area contributed by atoms with Crippen molar-refractivity contribution in [3.63, 3.8) is 0 Å². The molecule has 2 amide bonds. The van der Waals surface area contributed by atoms with Crippen molar-refractivity contribution in [2.24, 2.45) is 0 Å². The number of urea groups is 1. The molecule has 4 nitrogen and oxygen atoms in total. The molecule has 5 heteroatoms. The van der Waals surface area contributed by atoms with Gasteiger partial charge in [-0.3, -0.25) is 0 Å². The van der Waals surface area contributed by atoms with E-state index in [0.29, 0.717) is 6.42 Å². The summed E-state index contributed by atoms with van der Waals surface area (Å²) in [6, 6.07) is 13.8. The van der Waals surface area contributed by atoms with Gasteiger partial charge in [-0.1, -0.05) is 42.5 Å². The predicted octanol–water partition coefficient (Wildman–Crippen LogP) is 3.72. The summed E-state index contributed by atoms with van der Waals surface area (Å²) in [6.45, 7) is 0. The van der Waals surface area contributed by atoms with Crippen molar-refractivity contribution in [1.82, 2.24) is 10.6 Å². The highest BCUT2D eigenvalue weighted by molar-refractivity contribution is 5.75. The lowest BCUT2D eigenvalue weighted by Crippen LogP contribution is -2.45. The Kier molecular flexibility index (Phi) is 4.94. The smallest absolute Gasteiger partial charge is 0.315 e. The predicted molar refractivity (Wildman–Crippen MR) is 103 cm³/mol. The van der Waals surface area contributed by atoms with E-state index in [1.54, 1.807) is 12.1 Å². The minimum Gasteiger partial charge on any atom is -0.390 e. The van der Waals surface area contributed by atoms with Crippen molar-refractivity contribution in [2.75, 3.05) is 0 Å². The SMILES string of the molecule is O=C(NC1CC=C(c2ccc(F)cc2)CC1)N[C@@H]1c2ccccc2C[C@@H]1O. The third-order valence-electron chi connectivity index (χ3n) is 5.45. The quantitative estimate of drug-likeness (QED) is 0.775. The number of benzene rings is 2. The molecule has 2 aliphatic rings. The summed E-state index contributed by atoms with van der Waals surface area (Å²) in [5.74, 6) is -0.234. The Labute approximate surface area is 158 Å². The number of halogens is 1. The molecule has 0 bridgehead atoms. The second-order valence-corrected chi connectivity index (χ2v) is 7.27. The maximum Gasteiger partial charge on any atom is 0.315 e. The number of hydrogen-bond donors (Lipinski definition) is 3. The molecule has 0 fully saturated rings. The zero-order valence-corrected chi connectivity index (χ0v) is 15.0. The molecule has 0 saturated carbocycles. The van der Waals surface area contributed by atoms with E-state index in [9.17, 15) is 14.3 Å². The minimum absolute atomic E-state index is 0.0583. The highest BCUT2D eigenvalue weighted by Crippen LogP contribution is 2.31. The number of nitrogens with one attached hydrogen (secondary N) is 2. The van der Waals surface area contributed by atoms with Crippen LogP contribution in [-0.2, 0) is 6.42 Å². The van der Waals surface area contributed by atoms with Crippen molar-refractivity contribution < 1.29 is 14.3 Å². The van der Waals surface area contributed by atoms with Gasteiger partial charge in [0.25, 0.3) is 0 Å². The van der Waals surface area contributed by atoms with Crippen LogP contribution in [0.4, 0.5) is 9.18 Å². The zero-order valence-electron chi connectivity index (χ0n) is 15.0. The topological polar surface area (TPSA) is 61.4 Å². The molecule has 0 spiro atoms. The summed E-state index contributed by atoms with van der Waals surface area (Å²) in [7, 11) is 0. The lowest BCUT2D eigenvalue weighted by Gasteiger charge is -2.25. The van der Waals surface area contributed by atoms with E-state index in [4.69, 9.17) is 0 Å². The lowest BCUT2D eigenvalue weighted by molar-refractivity contribution is 0.141. The van der Waals surface area contributed by atoms with E-state index < -0.39 is 6.10 Å². The molecule has 3 atom stereocenters. The highest BCUT2D eigenvalue weighted by Gasteiger charge is 2.32. The first kappa shape index (κ1) is 17.7.